The van der Waals surface area contributed by atoms with E-state index in [1.807, 2.05) is 24.3 Å². The van der Waals surface area contributed by atoms with Gasteiger partial charge in [0, 0.05) is 4.47 Å². The van der Waals surface area contributed by atoms with Crippen LogP contribution in [0.15, 0.2) is 56.3 Å². The Morgan fingerprint density at radius 3 is 2.46 bits per heavy atom. The summed E-state index contributed by atoms with van der Waals surface area (Å²) in [5, 5.41) is -0.310. The summed E-state index contributed by atoms with van der Waals surface area (Å²) in [4.78, 5) is 26.1. The molecule has 2 aromatic rings. The van der Waals surface area contributed by atoms with Crippen molar-refractivity contribution in [3.8, 4) is 0 Å². The third-order valence-electron chi connectivity index (χ3n) is 3.37. The zero-order valence-electron chi connectivity index (χ0n) is 12.1. The van der Waals surface area contributed by atoms with E-state index in [4.69, 9.17) is 0 Å². The van der Waals surface area contributed by atoms with Crippen molar-refractivity contribution >= 4 is 60.8 Å². The lowest BCUT2D eigenvalue weighted by atomic mass is 10.2. The second-order valence-electron chi connectivity index (χ2n) is 5.07. The quantitative estimate of drug-likeness (QED) is 0.549. The summed E-state index contributed by atoms with van der Waals surface area (Å²) in [6, 6.07) is 11.9. The Hall–Kier alpha value is -1.44. The summed E-state index contributed by atoms with van der Waals surface area (Å²) >= 11 is 7.34. The van der Waals surface area contributed by atoms with E-state index in [1.165, 1.54) is 11.0 Å². The highest BCUT2D eigenvalue weighted by atomic mass is 79.9. The molecule has 1 aliphatic rings. The molecule has 1 saturated heterocycles. The first-order valence-corrected chi connectivity index (χ1v) is 9.29. The summed E-state index contributed by atoms with van der Waals surface area (Å²) in [7, 11) is 0. The van der Waals surface area contributed by atoms with Crippen LogP contribution in [-0.2, 0) is 11.3 Å². The van der Waals surface area contributed by atoms with Gasteiger partial charge in [0.15, 0.2) is 0 Å². The van der Waals surface area contributed by atoms with Crippen molar-refractivity contribution < 1.29 is 14.0 Å². The van der Waals surface area contributed by atoms with Gasteiger partial charge in [-0.25, -0.2) is 4.39 Å². The van der Waals surface area contributed by atoms with E-state index < -0.39 is 0 Å². The molecular formula is C17H10Br2FNO2S. The number of carbonyl (C=O) groups is 2. The van der Waals surface area contributed by atoms with Gasteiger partial charge in [-0.15, -0.1) is 0 Å². The van der Waals surface area contributed by atoms with Crippen LogP contribution < -0.4 is 0 Å². The Labute approximate surface area is 159 Å². The van der Waals surface area contributed by atoms with E-state index in [0.29, 0.717) is 14.9 Å². The van der Waals surface area contributed by atoms with Crippen LogP contribution in [0.5, 0.6) is 0 Å². The van der Waals surface area contributed by atoms with Gasteiger partial charge in [-0.2, -0.15) is 0 Å². The van der Waals surface area contributed by atoms with Crippen LogP contribution >= 0.6 is 43.6 Å². The van der Waals surface area contributed by atoms with Crippen LogP contribution in [0.4, 0.5) is 9.18 Å². The Morgan fingerprint density at radius 2 is 1.79 bits per heavy atom. The minimum atomic E-state index is -0.379. The Morgan fingerprint density at radius 1 is 1.08 bits per heavy atom. The maximum absolute atomic E-state index is 13.3. The van der Waals surface area contributed by atoms with Crippen LogP contribution in [0.3, 0.4) is 0 Å². The number of thioether (sulfide) groups is 1. The molecule has 1 aliphatic heterocycles. The molecule has 0 aromatic heterocycles. The van der Waals surface area contributed by atoms with E-state index >= 15 is 0 Å². The van der Waals surface area contributed by atoms with Crippen molar-refractivity contribution in [1.29, 1.82) is 0 Å². The molecule has 0 aliphatic carbocycles. The minimum absolute atomic E-state index is 0.225. The molecule has 0 saturated carbocycles. The van der Waals surface area contributed by atoms with E-state index in [2.05, 4.69) is 31.9 Å². The molecule has 0 radical (unpaired) electrons. The molecule has 7 heteroatoms. The average molecular weight is 471 g/mol. The highest BCUT2D eigenvalue weighted by Crippen LogP contribution is 2.33. The summed E-state index contributed by atoms with van der Waals surface area (Å²) < 4.78 is 14.5. The lowest BCUT2D eigenvalue weighted by Crippen LogP contribution is -2.27. The number of rotatable bonds is 3. The van der Waals surface area contributed by atoms with Crippen molar-refractivity contribution in [3.05, 3.63) is 73.3 Å². The van der Waals surface area contributed by atoms with Crippen molar-refractivity contribution in [3.63, 3.8) is 0 Å². The number of halogens is 3. The predicted octanol–water partition coefficient (Wildman–Crippen LogP) is 5.59. The molecule has 0 bridgehead atoms. The fourth-order valence-corrected chi connectivity index (χ4v) is 3.66. The van der Waals surface area contributed by atoms with Crippen molar-refractivity contribution in [2.24, 2.45) is 0 Å². The number of amides is 2. The van der Waals surface area contributed by atoms with Gasteiger partial charge in [-0.3, -0.25) is 14.5 Å². The van der Waals surface area contributed by atoms with Gasteiger partial charge in [0.2, 0.25) is 0 Å². The molecule has 24 heavy (non-hydrogen) atoms. The number of hydrogen-bond donors (Lipinski definition) is 0. The monoisotopic (exact) mass is 469 g/mol. The molecule has 0 atom stereocenters. The lowest BCUT2D eigenvalue weighted by molar-refractivity contribution is -0.123. The molecular weight excluding hydrogens is 461 g/mol. The standard InChI is InChI=1S/C17H10Br2FNO2S/c18-12-4-1-10(2-5-12)9-21-16(22)15(24-17(21)23)8-11-3-6-14(20)13(19)7-11/h1-8H,9H2/b15-8+. The van der Waals surface area contributed by atoms with Gasteiger partial charge in [0.25, 0.3) is 11.1 Å². The number of carbonyl (C=O) groups excluding carboxylic acids is 2. The van der Waals surface area contributed by atoms with Gasteiger partial charge >= 0.3 is 0 Å². The van der Waals surface area contributed by atoms with Gasteiger partial charge in [-0.05, 0) is 69.2 Å². The maximum Gasteiger partial charge on any atom is 0.293 e. The van der Waals surface area contributed by atoms with Crippen LogP contribution in [-0.4, -0.2) is 16.0 Å². The van der Waals surface area contributed by atoms with Gasteiger partial charge in [-0.1, -0.05) is 34.1 Å². The lowest BCUT2D eigenvalue weighted by Gasteiger charge is -2.12. The molecule has 1 heterocycles. The van der Waals surface area contributed by atoms with E-state index in [-0.39, 0.29) is 23.5 Å². The first-order valence-electron chi connectivity index (χ1n) is 6.89. The Balaban J connectivity index is 1.81. The third-order valence-corrected chi connectivity index (χ3v) is 5.41. The van der Waals surface area contributed by atoms with Crippen molar-refractivity contribution in [2.45, 2.75) is 6.54 Å². The predicted molar refractivity (Wildman–Crippen MR) is 99.8 cm³/mol. The van der Waals surface area contributed by atoms with E-state index in [9.17, 15) is 14.0 Å². The van der Waals surface area contributed by atoms with E-state index in [1.54, 1.807) is 18.2 Å². The van der Waals surface area contributed by atoms with Crippen LogP contribution in [0, 0.1) is 5.82 Å². The van der Waals surface area contributed by atoms with Crippen LogP contribution in [0.2, 0.25) is 0 Å². The van der Waals surface area contributed by atoms with E-state index in [0.717, 1.165) is 21.8 Å². The second kappa shape index (κ2) is 7.21. The topological polar surface area (TPSA) is 37.4 Å². The summed E-state index contributed by atoms with van der Waals surface area (Å²) in [5.41, 5.74) is 1.52. The SMILES string of the molecule is O=C1S/C(=C/c2ccc(F)c(Br)c2)C(=O)N1Cc1ccc(Br)cc1. The minimum Gasteiger partial charge on any atom is -0.268 e. The van der Waals surface area contributed by atoms with Crippen molar-refractivity contribution in [1.82, 2.24) is 4.90 Å². The van der Waals surface area contributed by atoms with Crippen LogP contribution in [0.1, 0.15) is 11.1 Å². The Bertz CT molecular complexity index is 852. The first-order chi connectivity index (χ1) is 11.4. The molecule has 2 amide bonds. The number of nitrogens with zero attached hydrogens (tertiary/aromatic N) is 1. The highest BCUT2D eigenvalue weighted by Gasteiger charge is 2.34. The van der Waals surface area contributed by atoms with Gasteiger partial charge < -0.3 is 0 Å². The summed E-state index contributed by atoms with van der Waals surface area (Å²) in [5.74, 6) is -0.719. The van der Waals surface area contributed by atoms with Gasteiger partial charge in [0.05, 0.1) is 15.9 Å². The molecule has 122 valence electrons. The second-order valence-corrected chi connectivity index (χ2v) is 7.83. The Kier molecular flexibility index (Phi) is 5.22. The normalized spacial score (nSPS) is 16.3. The van der Waals surface area contributed by atoms with Crippen LogP contribution in [0.25, 0.3) is 6.08 Å². The first kappa shape index (κ1) is 17.4. The van der Waals surface area contributed by atoms with Gasteiger partial charge in [0.1, 0.15) is 5.82 Å². The molecule has 2 aromatic carbocycles. The molecule has 3 nitrogen and oxygen atoms in total. The molecule has 1 fully saturated rings. The molecule has 0 spiro atoms. The zero-order chi connectivity index (χ0) is 17.3. The number of hydrogen-bond acceptors (Lipinski definition) is 3. The molecule has 0 unspecified atom stereocenters. The average Bonchev–Trinajstić information content (AvgIpc) is 2.80. The maximum atomic E-state index is 13.3. The largest absolute Gasteiger partial charge is 0.293 e. The smallest absolute Gasteiger partial charge is 0.268 e. The molecule has 0 N–H and O–H groups in total. The fraction of sp³-hybridized carbons (Fsp3) is 0.0588. The summed E-state index contributed by atoms with van der Waals surface area (Å²) in [6.45, 7) is 0.225. The summed E-state index contributed by atoms with van der Waals surface area (Å²) in [6.07, 6.45) is 1.59. The third kappa shape index (κ3) is 3.79. The number of imide groups is 1. The molecule has 3 rings (SSSR count). The zero-order valence-corrected chi connectivity index (χ0v) is 16.1. The highest BCUT2D eigenvalue weighted by molar-refractivity contribution is 9.10. The van der Waals surface area contributed by atoms with Crippen molar-refractivity contribution in [2.75, 3.05) is 0 Å². The fourth-order valence-electron chi connectivity index (χ4n) is 2.16. The number of benzene rings is 2.